The van der Waals surface area contributed by atoms with E-state index in [-0.39, 0.29) is 0 Å². The summed E-state index contributed by atoms with van der Waals surface area (Å²) in [5, 5.41) is 2.12. The Hall–Kier alpha value is -4.98. The Kier molecular flexibility index (Phi) is 5.44. The second-order valence-electron chi connectivity index (χ2n) is 12.9. The monoisotopic (exact) mass is 586 g/mol. The maximum absolute atomic E-state index is 6.72. The van der Waals surface area contributed by atoms with E-state index < -0.39 is 18.3 Å². The molecule has 5 aromatic carbocycles. The molecule has 1 aliphatic heterocycles. The van der Waals surface area contributed by atoms with E-state index in [0.29, 0.717) is 0 Å². The van der Waals surface area contributed by atoms with E-state index in [0.717, 1.165) is 72.1 Å². The van der Waals surface area contributed by atoms with Crippen molar-refractivity contribution >= 4 is 56.5 Å². The molecule has 0 saturated carbocycles. The fourth-order valence-corrected chi connectivity index (χ4v) is 6.85. The Labute approximate surface area is 261 Å². The van der Waals surface area contributed by atoms with Crippen LogP contribution in [0.25, 0.3) is 66.6 Å². The summed E-state index contributed by atoms with van der Waals surface area (Å²) in [4.78, 5) is 10.6. The molecule has 0 unspecified atom stereocenters. The van der Waals surface area contributed by atoms with Crippen molar-refractivity contribution in [1.82, 2.24) is 18.8 Å². The number of hydrogen-bond donors (Lipinski definition) is 0. The molecule has 0 N–H and O–H groups in total. The molecule has 6 nitrogen and oxygen atoms in total. The first kappa shape index (κ1) is 26.4. The quantitative estimate of drug-likeness (QED) is 0.197. The summed E-state index contributed by atoms with van der Waals surface area (Å²) in [6.07, 6.45) is 0. The van der Waals surface area contributed by atoms with Gasteiger partial charge in [-0.3, -0.25) is 8.80 Å². The minimum absolute atomic E-state index is 0.486. The SMILES string of the molecule is CC1(C)OB(c2cccc3c2c2cccc4nc(-c5ccccc5)n(c5cccc6nc(-c7ccccc7)n3c65)c42)OC1(C)C. The summed E-state index contributed by atoms with van der Waals surface area (Å²) in [6.45, 7) is 8.41. The molecule has 0 atom stereocenters. The van der Waals surface area contributed by atoms with Crippen LogP contribution in [-0.4, -0.2) is 37.1 Å². The van der Waals surface area contributed by atoms with E-state index in [4.69, 9.17) is 19.3 Å². The van der Waals surface area contributed by atoms with Crippen LogP contribution in [0.4, 0.5) is 0 Å². The van der Waals surface area contributed by atoms with Crippen molar-refractivity contribution in [3.8, 4) is 22.8 Å². The number of imidazole rings is 2. The topological polar surface area (TPSA) is 53.1 Å². The van der Waals surface area contributed by atoms with Crippen molar-refractivity contribution in [2.45, 2.75) is 38.9 Å². The van der Waals surface area contributed by atoms with Gasteiger partial charge in [0.1, 0.15) is 11.6 Å². The van der Waals surface area contributed by atoms with Crippen molar-refractivity contribution < 1.29 is 9.31 Å². The minimum Gasteiger partial charge on any atom is -0.399 e. The summed E-state index contributed by atoms with van der Waals surface area (Å²) in [6, 6.07) is 40.1. The summed E-state index contributed by atoms with van der Waals surface area (Å²) in [5.74, 6) is 1.76. The fourth-order valence-electron chi connectivity index (χ4n) is 6.85. The van der Waals surface area contributed by atoms with Gasteiger partial charge in [-0.2, -0.15) is 0 Å². The van der Waals surface area contributed by atoms with E-state index in [9.17, 15) is 0 Å². The molecule has 0 spiro atoms. The highest BCUT2D eigenvalue weighted by atomic mass is 16.7. The molecule has 7 heteroatoms. The molecule has 1 aliphatic rings. The van der Waals surface area contributed by atoms with Gasteiger partial charge in [0.05, 0.1) is 44.3 Å². The minimum atomic E-state index is -0.556. The Balaban J connectivity index is 1.57. The number of hydrogen-bond acceptors (Lipinski definition) is 4. The predicted molar refractivity (Wildman–Crippen MR) is 183 cm³/mol. The van der Waals surface area contributed by atoms with Crippen LogP contribution < -0.4 is 5.46 Å². The third-order valence-corrected chi connectivity index (χ3v) is 9.73. The number of fused-ring (bicyclic) bond motifs is 4. The van der Waals surface area contributed by atoms with Crippen molar-refractivity contribution in [1.29, 1.82) is 0 Å². The Morgan fingerprint density at radius 3 is 1.67 bits per heavy atom. The largest absolute Gasteiger partial charge is 0.495 e. The van der Waals surface area contributed by atoms with E-state index >= 15 is 0 Å². The Morgan fingerprint density at radius 2 is 1.04 bits per heavy atom. The molecule has 4 heterocycles. The summed E-state index contributed by atoms with van der Waals surface area (Å²) >= 11 is 0. The van der Waals surface area contributed by atoms with E-state index in [1.807, 2.05) is 12.1 Å². The lowest BCUT2D eigenvalue weighted by molar-refractivity contribution is 0.00578. The van der Waals surface area contributed by atoms with Crippen LogP contribution in [0.15, 0.2) is 115 Å². The highest BCUT2D eigenvalue weighted by molar-refractivity contribution is 6.66. The van der Waals surface area contributed by atoms with Crippen LogP contribution in [0.1, 0.15) is 27.7 Å². The van der Waals surface area contributed by atoms with Crippen LogP contribution in [0, 0.1) is 0 Å². The molecule has 218 valence electrons. The third kappa shape index (κ3) is 3.71. The smallest absolute Gasteiger partial charge is 0.399 e. The van der Waals surface area contributed by atoms with Gasteiger partial charge in [0, 0.05) is 21.9 Å². The van der Waals surface area contributed by atoms with Crippen molar-refractivity contribution in [2.75, 3.05) is 0 Å². The maximum Gasteiger partial charge on any atom is 0.495 e. The number of nitrogens with zero attached hydrogens (tertiary/aromatic N) is 4. The van der Waals surface area contributed by atoms with Crippen LogP contribution in [0.5, 0.6) is 0 Å². The molecule has 9 rings (SSSR count). The number of aromatic nitrogens is 4. The first-order chi connectivity index (χ1) is 21.8. The van der Waals surface area contributed by atoms with Gasteiger partial charge in [0.2, 0.25) is 0 Å². The Bertz CT molecular complexity index is 2430. The zero-order valence-corrected chi connectivity index (χ0v) is 25.7. The van der Waals surface area contributed by atoms with Gasteiger partial charge < -0.3 is 9.31 Å². The zero-order valence-electron chi connectivity index (χ0n) is 25.7. The first-order valence-corrected chi connectivity index (χ1v) is 15.5. The van der Waals surface area contributed by atoms with E-state index in [1.165, 1.54) is 0 Å². The molecule has 1 saturated heterocycles. The number of benzene rings is 5. The van der Waals surface area contributed by atoms with Crippen molar-refractivity contribution in [3.05, 3.63) is 115 Å². The highest BCUT2D eigenvalue weighted by Crippen LogP contribution is 2.40. The molecular weight excluding hydrogens is 555 g/mol. The van der Waals surface area contributed by atoms with E-state index in [2.05, 4.69) is 140 Å². The van der Waals surface area contributed by atoms with Gasteiger partial charge >= 0.3 is 7.12 Å². The van der Waals surface area contributed by atoms with Gasteiger partial charge in [-0.25, -0.2) is 9.97 Å². The summed E-state index contributed by atoms with van der Waals surface area (Å²) in [7, 11) is -0.556. The standard InChI is InChI=1S/C38H31BN4O2/c1-37(2)38(3,4)45-39(44-37)27-19-12-22-30-32(27)26-18-11-20-28-33(26)43(36(40-28)25-16-9-6-10-17-25)31-23-13-21-29-34(31)42(30)35(41-29)24-14-7-5-8-15-24/h5-23H,1-4H3. The number of rotatable bonds is 3. The van der Waals surface area contributed by atoms with Crippen molar-refractivity contribution in [2.24, 2.45) is 0 Å². The van der Waals surface area contributed by atoms with Gasteiger partial charge in [0.15, 0.2) is 0 Å². The Morgan fingerprint density at radius 1 is 0.533 bits per heavy atom. The highest BCUT2D eigenvalue weighted by Gasteiger charge is 2.52. The van der Waals surface area contributed by atoms with Crippen LogP contribution in [-0.2, 0) is 9.31 Å². The molecule has 0 radical (unpaired) electrons. The zero-order chi connectivity index (χ0) is 30.5. The second-order valence-corrected chi connectivity index (χ2v) is 12.9. The van der Waals surface area contributed by atoms with E-state index in [1.54, 1.807) is 0 Å². The summed E-state index contributed by atoms with van der Waals surface area (Å²) in [5.41, 5.74) is 8.06. The van der Waals surface area contributed by atoms with Crippen LogP contribution >= 0.6 is 0 Å². The lowest BCUT2D eigenvalue weighted by Crippen LogP contribution is -2.41. The average molecular weight is 587 g/mol. The molecular formula is C38H31BN4O2. The molecule has 1 fully saturated rings. The average Bonchev–Trinajstić information content (AvgIpc) is 3.69. The molecule has 0 bridgehead atoms. The molecule has 0 amide bonds. The number of para-hydroxylation sites is 2. The van der Waals surface area contributed by atoms with Crippen LogP contribution in [0.3, 0.4) is 0 Å². The molecule has 0 aliphatic carbocycles. The van der Waals surface area contributed by atoms with Gasteiger partial charge in [-0.15, -0.1) is 0 Å². The lowest BCUT2D eigenvalue weighted by Gasteiger charge is -2.32. The summed E-state index contributed by atoms with van der Waals surface area (Å²) < 4.78 is 18.1. The first-order valence-electron chi connectivity index (χ1n) is 15.5. The van der Waals surface area contributed by atoms with Gasteiger partial charge in [0.25, 0.3) is 0 Å². The molecule has 8 aromatic rings. The molecule has 45 heavy (non-hydrogen) atoms. The van der Waals surface area contributed by atoms with Crippen molar-refractivity contribution in [3.63, 3.8) is 0 Å². The van der Waals surface area contributed by atoms with Crippen LogP contribution in [0.2, 0.25) is 0 Å². The third-order valence-electron chi connectivity index (χ3n) is 9.73. The fraction of sp³-hybridized carbons (Fsp3) is 0.158. The molecule has 3 aromatic heterocycles. The maximum atomic E-state index is 6.72. The predicted octanol–water partition coefficient (Wildman–Crippen LogP) is 8.07. The normalized spacial score (nSPS) is 16.1. The van der Waals surface area contributed by atoms with Gasteiger partial charge in [-0.1, -0.05) is 91.0 Å². The second kappa shape index (κ2) is 9.27. The van der Waals surface area contributed by atoms with Gasteiger partial charge in [-0.05, 0) is 57.4 Å². The lowest BCUT2D eigenvalue weighted by atomic mass is 9.76.